The molecule has 1 aromatic heterocycles. The van der Waals surface area contributed by atoms with E-state index in [1.54, 1.807) is 0 Å². The molecule has 1 fully saturated rings. The summed E-state index contributed by atoms with van der Waals surface area (Å²) < 4.78 is 1.94. The molecule has 0 amide bonds. The molecule has 4 heteroatoms. The van der Waals surface area contributed by atoms with E-state index in [-0.39, 0.29) is 0 Å². The highest BCUT2D eigenvalue weighted by Crippen LogP contribution is 2.22. The van der Waals surface area contributed by atoms with Crippen LogP contribution in [0.25, 0.3) is 0 Å². The van der Waals surface area contributed by atoms with E-state index in [0.29, 0.717) is 5.92 Å². The van der Waals surface area contributed by atoms with Crippen LogP contribution in [0.5, 0.6) is 0 Å². The largest absolute Gasteiger partial charge is 0.317 e. The van der Waals surface area contributed by atoms with E-state index in [1.165, 1.54) is 18.4 Å². The van der Waals surface area contributed by atoms with Gasteiger partial charge >= 0.3 is 0 Å². The van der Waals surface area contributed by atoms with Crippen molar-refractivity contribution in [2.75, 3.05) is 13.1 Å². The molecule has 0 spiro atoms. The Morgan fingerprint density at radius 3 is 2.72 bits per heavy atom. The summed E-state index contributed by atoms with van der Waals surface area (Å²) in [7, 11) is 0. The third kappa shape index (κ3) is 2.59. The molecular weight excluding hydrogens is 224 g/mol. The summed E-state index contributed by atoms with van der Waals surface area (Å²) in [5.41, 5.74) is 2.41. The van der Waals surface area contributed by atoms with Crippen LogP contribution >= 0.6 is 0 Å². The molecular formula is C14H18N4. The molecule has 0 saturated carbocycles. The van der Waals surface area contributed by atoms with Crippen molar-refractivity contribution in [1.29, 1.82) is 0 Å². The van der Waals surface area contributed by atoms with Crippen LogP contribution in [0.2, 0.25) is 0 Å². The zero-order valence-electron chi connectivity index (χ0n) is 10.4. The molecule has 0 unspecified atom stereocenters. The first-order chi connectivity index (χ1) is 8.92. The van der Waals surface area contributed by atoms with Gasteiger partial charge in [-0.1, -0.05) is 35.5 Å². The molecule has 2 heterocycles. The van der Waals surface area contributed by atoms with Gasteiger partial charge < -0.3 is 5.32 Å². The standard InChI is InChI=1S/C14H18N4/c1-2-4-12(5-3-1)10-18-11-14(16-17-18)13-6-8-15-9-7-13/h1-5,11,13,15H,6-10H2. The third-order valence-corrected chi connectivity index (χ3v) is 3.50. The van der Waals surface area contributed by atoms with E-state index in [0.717, 1.165) is 25.3 Å². The average Bonchev–Trinajstić information content (AvgIpc) is 2.89. The minimum absolute atomic E-state index is 0.579. The second-order valence-electron chi connectivity index (χ2n) is 4.85. The molecule has 1 saturated heterocycles. The lowest BCUT2D eigenvalue weighted by Gasteiger charge is -2.20. The van der Waals surface area contributed by atoms with E-state index in [2.05, 4.69) is 46.1 Å². The molecule has 1 aliphatic rings. The first kappa shape index (κ1) is 11.4. The number of nitrogens with zero attached hydrogens (tertiary/aromatic N) is 3. The maximum Gasteiger partial charge on any atom is 0.0859 e. The molecule has 0 radical (unpaired) electrons. The minimum atomic E-state index is 0.579. The number of nitrogens with one attached hydrogen (secondary N) is 1. The number of aromatic nitrogens is 3. The van der Waals surface area contributed by atoms with Gasteiger partial charge in [-0.15, -0.1) is 5.10 Å². The fourth-order valence-electron chi connectivity index (χ4n) is 2.47. The van der Waals surface area contributed by atoms with E-state index < -0.39 is 0 Å². The first-order valence-corrected chi connectivity index (χ1v) is 6.56. The first-order valence-electron chi connectivity index (χ1n) is 6.56. The molecule has 3 rings (SSSR count). The van der Waals surface area contributed by atoms with Crippen molar-refractivity contribution in [2.24, 2.45) is 0 Å². The maximum absolute atomic E-state index is 4.32. The predicted molar refractivity (Wildman–Crippen MR) is 70.4 cm³/mol. The molecule has 4 nitrogen and oxygen atoms in total. The second-order valence-corrected chi connectivity index (χ2v) is 4.85. The summed E-state index contributed by atoms with van der Waals surface area (Å²) in [4.78, 5) is 0. The number of hydrogen-bond donors (Lipinski definition) is 1. The van der Waals surface area contributed by atoms with Crippen LogP contribution in [0, 0.1) is 0 Å². The molecule has 94 valence electrons. The van der Waals surface area contributed by atoms with Gasteiger partial charge in [-0.05, 0) is 31.5 Å². The lowest BCUT2D eigenvalue weighted by molar-refractivity contribution is 0.453. The summed E-state index contributed by atoms with van der Waals surface area (Å²) in [6, 6.07) is 10.4. The molecule has 0 aliphatic carbocycles. The SMILES string of the molecule is c1ccc(Cn2cc(C3CCNCC3)nn2)cc1. The fraction of sp³-hybridized carbons (Fsp3) is 0.429. The summed E-state index contributed by atoms with van der Waals surface area (Å²) >= 11 is 0. The van der Waals surface area contributed by atoms with Crippen LogP contribution in [-0.2, 0) is 6.54 Å². The van der Waals surface area contributed by atoms with E-state index in [4.69, 9.17) is 0 Å². The second kappa shape index (κ2) is 5.31. The lowest BCUT2D eigenvalue weighted by Crippen LogP contribution is -2.26. The van der Waals surface area contributed by atoms with Crippen LogP contribution in [0.15, 0.2) is 36.5 Å². The summed E-state index contributed by atoms with van der Waals surface area (Å²) in [5, 5.41) is 11.9. The van der Waals surface area contributed by atoms with Gasteiger partial charge in [0.05, 0.1) is 12.2 Å². The Labute approximate surface area is 107 Å². The lowest BCUT2D eigenvalue weighted by atomic mass is 9.95. The van der Waals surface area contributed by atoms with Crippen molar-refractivity contribution in [3.63, 3.8) is 0 Å². The average molecular weight is 242 g/mol. The summed E-state index contributed by atoms with van der Waals surface area (Å²) in [6.07, 6.45) is 4.44. The topological polar surface area (TPSA) is 42.7 Å². The molecule has 0 atom stereocenters. The van der Waals surface area contributed by atoms with Gasteiger partial charge in [-0.25, -0.2) is 4.68 Å². The van der Waals surface area contributed by atoms with Crippen molar-refractivity contribution < 1.29 is 0 Å². The molecule has 18 heavy (non-hydrogen) atoms. The van der Waals surface area contributed by atoms with Gasteiger partial charge in [0.1, 0.15) is 0 Å². The van der Waals surface area contributed by atoms with Gasteiger partial charge in [0, 0.05) is 12.1 Å². The highest BCUT2D eigenvalue weighted by molar-refractivity contribution is 5.15. The van der Waals surface area contributed by atoms with E-state index >= 15 is 0 Å². The van der Waals surface area contributed by atoms with Crippen LogP contribution in [-0.4, -0.2) is 28.1 Å². The normalized spacial score (nSPS) is 16.9. The Hall–Kier alpha value is -1.68. The highest BCUT2D eigenvalue weighted by Gasteiger charge is 2.18. The Kier molecular flexibility index (Phi) is 3.37. The van der Waals surface area contributed by atoms with Crippen molar-refractivity contribution in [1.82, 2.24) is 20.3 Å². The van der Waals surface area contributed by atoms with Gasteiger partial charge in [0.15, 0.2) is 0 Å². The van der Waals surface area contributed by atoms with Gasteiger partial charge in [0.2, 0.25) is 0 Å². The Bertz CT molecular complexity index is 486. The molecule has 1 aliphatic heterocycles. The smallest absolute Gasteiger partial charge is 0.0859 e. The molecule has 1 N–H and O–H groups in total. The van der Waals surface area contributed by atoms with Crippen molar-refractivity contribution in [3.05, 3.63) is 47.8 Å². The van der Waals surface area contributed by atoms with E-state index in [1.807, 2.05) is 10.7 Å². The van der Waals surface area contributed by atoms with Crippen molar-refractivity contribution >= 4 is 0 Å². The highest BCUT2D eigenvalue weighted by atomic mass is 15.4. The van der Waals surface area contributed by atoms with Gasteiger partial charge in [-0.2, -0.15) is 0 Å². The summed E-state index contributed by atoms with van der Waals surface area (Å²) in [6.45, 7) is 2.99. The minimum Gasteiger partial charge on any atom is -0.317 e. The Morgan fingerprint density at radius 1 is 1.17 bits per heavy atom. The predicted octanol–water partition coefficient (Wildman–Crippen LogP) is 1.79. The number of benzene rings is 1. The van der Waals surface area contributed by atoms with Crippen LogP contribution in [0.4, 0.5) is 0 Å². The van der Waals surface area contributed by atoms with Crippen LogP contribution in [0.3, 0.4) is 0 Å². The van der Waals surface area contributed by atoms with Crippen molar-refractivity contribution in [3.8, 4) is 0 Å². The number of rotatable bonds is 3. The zero-order valence-corrected chi connectivity index (χ0v) is 10.4. The van der Waals surface area contributed by atoms with Crippen LogP contribution < -0.4 is 5.32 Å². The maximum atomic E-state index is 4.32. The number of hydrogen-bond acceptors (Lipinski definition) is 3. The Balaban J connectivity index is 1.69. The van der Waals surface area contributed by atoms with Gasteiger partial charge in [-0.3, -0.25) is 0 Å². The Morgan fingerprint density at radius 2 is 1.94 bits per heavy atom. The quantitative estimate of drug-likeness (QED) is 0.892. The van der Waals surface area contributed by atoms with E-state index in [9.17, 15) is 0 Å². The van der Waals surface area contributed by atoms with Crippen LogP contribution in [0.1, 0.15) is 30.0 Å². The monoisotopic (exact) mass is 242 g/mol. The third-order valence-electron chi connectivity index (χ3n) is 3.50. The number of piperidine rings is 1. The van der Waals surface area contributed by atoms with Gasteiger partial charge in [0.25, 0.3) is 0 Å². The molecule has 2 aromatic rings. The summed E-state index contributed by atoms with van der Waals surface area (Å²) in [5.74, 6) is 0.579. The molecule has 0 bridgehead atoms. The zero-order chi connectivity index (χ0) is 12.2. The fourth-order valence-corrected chi connectivity index (χ4v) is 2.47. The van der Waals surface area contributed by atoms with Crippen molar-refractivity contribution in [2.45, 2.75) is 25.3 Å². The molecule has 1 aromatic carbocycles.